The molecule has 3 N–H and O–H groups in total. The molecular weight excluding hydrogens is 234 g/mol. The molecule has 0 bridgehead atoms. The molecule has 0 saturated carbocycles. The molecule has 2 rings (SSSR count). The average molecular weight is 253 g/mol. The molecule has 1 aliphatic heterocycles. The maximum absolute atomic E-state index is 11.6. The van der Waals surface area contributed by atoms with Gasteiger partial charge in [0.2, 0.25) is 5.89 Å². The molecule has 2 amide bonds. The van der Waals surface area contributed by atoms with Gasteiger partial charge in [0, 0.05) is 5.54 Å². The van der Waals surface area contributed by atoms with Crippen LogP contribution in [0.3, 0.4) is 0 Å². The SMILES string of the molecule is CC(C)(C)NC(=O)Nc1nnc(C2CCCN2)o1. The van der Waals surface area contributed by atoms with E-state index in [2.05, 4.69) is 26.1 Å². The van der Waals surface area contributed by atoms with Gasteiger partial charge in [0.05, 0.1) is 6.04 Å². The van der Waals surface area contributed by atoms with E-state index < -0.39 is 0 Å². The van der Waals surface area contributed by atoms with E-state index in [4.69, 9.17) is 4.42 Å². The second-order valence-corrected chi connectivity index (χ2v) is 5.42. The molecule has 1 saturated heterocycles. The monoisotopic (exact) mass is 253 g/mol. The van der Waals surface area contributed by atoms with E-state index in [9.17, 15) is 4.79 Å². The second kappa shape index (κ2) is 4.93. The van der Waals surface area contributed by atoms with Crippen LogP contribution in [-0.4, -0.2) is 28.3 Å². The second-order valence-electron chi connectivity index (χ2n) is 5.42. The van der Waals surface area contributed by atoms with Crippen LogP contribution < -0.4 is 16.0 Å². The Kier molecular flexibility index (Phi) is 3.51. The first kappa shape index (κ1) is 12.8. The molecule has 0 aliphatic carbocycles. The number of nitrogens with one attached hydrogen (secondary N) is 3. The molecule has 1 atom stereocenters. The van der Waals surface area contributed by atoms with E-state index in [1.54, 1.807) is 0 Å². The zero-order chi connectivity index (χ0) is 13.2. The minimum absolute atomic E-state index is 0.110. The number of amides is 2. The highest BCUT2D eigenvalue weighted by Gasteiger charge is 2.23. The summed E-state index contributed by atoms with van der Waals surface area (Å²) in [6, 6.07) is -0.115. The molecule has 7 heteroatoms. The van der Waals surface area contributed by atoms with E-state index in [-0.39, 0.29) is 23.6 Å². The summed E-state index contributed by atoms with van der Waals surface area (Å²) in [6.07, 6.45) is 2.08. The predicted molar refractivity (Wildman–Crippen MR) is 66.2 cm³/mol. The number of rotatable bonds is 2. The van der Waals surface area contributed by atoms with Crippen LogP contribution >= 0.6 is 0 Å². The third kappa shape index (κ3) is 3.43. The Hall–Kier alpha value is -1.63. The van der Waals surface area contributed by atoms with E-state index in [0.29, 0.717) is 5.89 Å². The topological polar surface area (TPSA) is 92.1 Å². The minimum atomic E-state index is -0.350. The molecule has 1 aromatic heterocycles. The Balaban J connectivity index is 1.92. The zero-order valence-electron chi connectivity index (χ0n) is 10.9. The highest BCUT2D eigenvalue weighted by Crippen LogP contribution is 2.22. The highest BCUT2D eigenvalue weighted by molar-refractivity contribution is 5.87. The minimum Gasteiger partial charge on any atom is -0.406 e. The fourth-order valence-corrected chi connectivity index (χ4v) is 1.79. The first-order valence-corrected chi connectivity index (χ1v) is 6.10. The predicted octanol–water partition coefficient (Wildman–Crippen LogP) is 1.41. The van der Waals surface area contributed by atoms with Crippen LogP contribution in [0.2, 0.25) is 0 Å². The molecule has 1 aliphatic rings. The van der Waals surface area contributed by atoms with Crippen LogP contribution in [0.25, 0.3) is 0 Å². The number of hydrogen-bond donors (Lipinski definition) is 3. The van der Waals surface area contributed by atoms with Crippen LogP contribution in [0.15, 0.2) is 4.42 Å². The number of urea groups is 1. The Morgan fingerprint density at radius 3 is 2.83 bits per heavy atom. The van der Waals surface area contributed by atoms with Gasteiger partial charge in [-0.3, -0.25) is 5.32 Å². The Labute approximate surface area is 106 Å². The Morgan fingerprint density at radius 2 is 2.22 bits per heavy atom. The zero-order valence-corrected chi connectivity index (χ0v) is 10.9. The number of aromatic nitrogens is 2. The number of hydrogen-bond acceptors (Lipinski definition) is 5. The number of carbonyl (C=O) groups excluding carboxylic acids is 1. The fourth-order valence-electron chi connectivity index (χ4n) is 1.79. The van der Waals surface area contributed by atoms with Crippen molar-refractivity contribution in [3.05, 3.63) is 5.89 Å². The number of carbonyl (C=O) groups is 1. The molecule has 0 spiro atoms. The summed E-state index contributed by atoms with van der Waals surface area (Å²) in [5.74, 6) is 0.526. The number of nitrogens with zero attached hydrogens (tertiary/aromatic N) is 2. The van der Waals surface area contributed by atoms with E-state index in [1.165, 1.54) is 0 Å². The van der Waals surface area contributed by atoms with Gasteiger partial charge in [0.15, 0.2) is 0 Å². The summed E-state index contributed by atoms with van der Waals surface area (Å²) >= 11 is 0. The van der Waals surface area contributed by atoms with E-state index in [0.717, 1.165) is 19.4 Å². The van der Waals surface area contributed by atoms with Crippen molar-refractivity contribution in [1.29, 1.82) is 0 Å². The summed E-state index contributed by atoms with van der Waals surface area (Å²) < 4.78 is 5.40. The van der Waals surface area contributed by atoms with Gasteiger partial charge in [0.25, 0.3) is 0 Å². The Bertz CT molecular complexity index is 417. The molecule has 1 aromatic rings. The van der Waals surface area contributed by atoms with Gasteiger partial charge in [-0.2, -0.15) is 0 Å². The molecule has 0 aromatic carbocycles. The highest BCUT2D eigenvalue weighted by atomic mass is 16.4. The summed E-state index contributed by atoms with van der Waals surface area (Å²) in [5.41, 5.74) is -0.306. The van der Waals surface area contributed by atoms with Crippen molar-refractivity contribution in [2.24, 2.45) is 0 Å². The van der Waals surface area contributed by atoms with Crippen LogP contribution in [0, 0.1) is 0 Å². The third-order valence-corrected chi connectivity index (χ3v) is 2.51. The van der Waals surface area contributed by atoms with Gasteiger partial charge in [-0.05, 0) is 40.2 Å². The van der Waals surface area contributed by atoms with Crippen LogP contribution in [-0.2, 0) is 0 Å². The lowest BCUT2D eigenvalue weighted by Gasteiger charge is -2.19. The summed E-state index contributed by atoms with van der Waals surface area (Å²) in [7, 11) is 0. The largest absolute Gasteiger partial charge is 0.406 e. The standard InChI is InChI=1S/C11H19N5O2/c1-11(2,3)14-9(17)13-10-16-15-8(18-10)7-5-4-6-12-7/h7,12H,4-6H2,1-3H3,(H2,13,14,16,17). The van der Waals surface area contributed by atoms with Crippen molar-refractivity contribution < 1.29 is 9.21 Å². The quantitative estimate of drug-likeness (QED) is 0.741. The van der Waals surface area contributed by atoms with Crippen molar-refractivity contribution >= 4 is 12.0 Å². The van der Waals surface area contributed by atoms with Gasteiger partial charge in [-0.25, -0.2) is 4.79 Å². The number of anilines is 1. The molecule has 2 heterocycles. The molecular formula is C11H19N5O2. The van der Waals surface area contributed by atoms with Gasteiger partial charge < -0.3 is 15.1 Å². The lowest BCUT2D eigenvalue weighted by molar-refractivity contribution is 0.243. The smallest absolute Gasteiger partial charge is 0.323 e. The van der Waals surface area contributed by atoms with Gasteiger partial charge in [-0.1, -0.05) is 5.10 Å². The first-order chi connectivity index (χ1) is 8.44. The van der Waals surface area contributed by atoms with Gasteiger partial charge in [-0.15, -0.1) is 5.10 Å². The summed E-state index contributed by atoms with van der Waals surface area (Å²) in [6.45, 7) is 6.65. The van der Waals surface area contributed by atoms with Crippen molar-refractivity contribution in [1.82, 2.24) is 20.8 Å². The summed E-state index contributed by atoms with van der Waals surface area (Å²) in [5, 5.41) is 16.3. The van der Waals surface area contributed by atoms with Crippen LogP contribution in [0.4, 0.5) is 10.8 Å². The Morgan fingerprint density at radius 1 is 1.44 bits per heavy atom. The molecule has 7 nitrogen and oxygen atoms in total. The van der Waals surface area contributed by atoms with Crippen molar-refractivity contribution in [3.8, 4) is 0 Å². The average Bonchev–Trinajstić information content (AvgIpc) is 2.82. The molecule has 18 heavy (non-hydrogen) atoms. The van der Waals surface area contributed by atoms with Gasteiger partial charge >= 0.3 is 12.0 Å². The van der Waals surface area contributed by atoms with E-state index in [1.807, 2.05) is 20.8 Å². The fraction of sp³-hybridized carbons (Fsp3) is 0.727. The van der Waals surface area contributed by atoms with Crippen molar-refractivity contribution in [2.75, 3.05) is 11.9 Å². The normalized spacial score (nSPS) is 19.8. The first-order valence-electron chi connectivity index (χ1n) is 6.10. The molecule has 1 fully saturated rings. The maximum atomic E-state index is 11.6. The third-order valence-electron chi connectivity index (χ3n) is 2.51. The lowest BCUT2D eigenvalue weighted by atomic mass is 10.1. The molecule has 1 unspecified atom stereocenters. The van der Waals surface area contributed by atoms with Crippen molar-refractivity contribution in [3.63, 3.8) is 0 Å². The van der Waals surface area contributed by atoms with Gasteiger partial charge in [0.1, 0.15) is 0 Å². The van der Waals surface area contributed by atoms with E-state index >= 15 is 0 Å². The van der Waals surface area contributed by atoms with Crippen molar-refractivity contribution in [2.45, 2.75) is 45.2 Å². The molecule has 0 radical (unpaired) electrons. The maximum Gasteiger partial charge on any atom is 0.323 e. The lowest BCUT2D eigenvalue weighted by Crippen LogP contribution is -2.43. The van der Waals surface area contributed by atoms with Crippen LogP contribution in [0.1, 0.15) is 45.5 Å². The van der Waals surface area contributed by atoms with Crippen LogP contribution in [0.5, 0.6) is 0 Å². The summed E-state index contributed by atoms with van der Waals surface area (Å²) in [4.78, 5) is 11.6. The molecule has 100 valence electrons.